The van der Waals surface area contributed by atoms with Crippen molar-refractivity contribution in [2.45, 2.75) is 32.2 Å². The number of halogens is 1. The Balaban J connectivity index is 0.00000208. The zero-order chi connectivity index (χ0) is 16.8. The second-order valence-electron chi connectivity index (χ2n) is 6.40. The van der Waals surface area contributed by atoms with E-state index in [-0.39, 0.29) is 24.9 Å². The number of rotatable bonds is 2. The highest BCUT2D eigenvalue weighted by molar-refractivity contribution is 6.08. The first-order chi connectivity index (χ1) is 10.8. The smallest absolute Gasteiger partial charge is 0.325 e. The van der Waals surface area contributed by atoms with Crippen LogP contribution in [0.15, 0.2) is 18.2 Å². The summed E-state index contributed by atoms with van der Waals surface area (Å²) in [6.07, 6.45) is 1.65. The van der Waals surface area contributed by atoms with E-state index in [0.29, 0.717) is 12.2 Å². The lowest BCUT2D eigenvalue weighted by Crippen LogP contribution is -2.50. The van der Waals surface area contributed by atoms with E-state index < -0.39 is 17.5 Å². The average Bonchev–Trinajstić information content (AvgIpc) is 2.69. The van der Waals surface area contributed by atoms with Gasteiger partial charge in [-0.3, -0.25) is 14.9 Å². The molecule has 3 N–H and O–H groups in total. The van der Waals surface area contributed by atoms with Crippen molar-refractivity contribution in [2.75, 3.05) is 23.7 Å². The molecule has 0 spiro atoms. The fraction of sp³-hybridized carbons (Fsp3) is 0.438. The van der Waals surface area contributed by atoms with E-state index in [9.17, 15) is 14.4 Å². The van der Waals surface area contributed by atoms with Crippen molar-refractivity contribution in [1.82, 2.24) is 10.2 Å². The monoisotopic (exact) mass is 352 g/mol. The number of hydrogen-bond acceptors (Lipinski definition) is 4. The molecule has 24 heavy (non-hydrogen) atoms. The molecular formula is C16H21ClN4O3. The first kappa shape index (κ1) is 18.1. The number of imide groups is 1. The number of carbonyl (C=O) groups excluding carboxylic acids is 3. The van der Waals surface area contributed by atoms with Crippen molar-refractivity contribution in [3.8, 4) is 0 Å². The molecule has 0 unspecified atom stereocenters. The van der Waals surface area contributed by atoms with Crippen molar-refractivity contribution in [2.24, 2.45) is 0 Å². The summed E-state index contributed by atoms with van der Waals surface area (Å²) >= 11 is 0. The van der Waals surface area contributed by atoms with Gasteiger partial charge in [-0.05, 0) is 44.4 Å². The molecule has 130 valence electrons. The largest absolute Gasteiger partial charge is 0.398 e. The van der Waals surface area contributed by atoms with Gasteiger partial charge in [0.05, 0.1) is 0 Å². The van der Waals surface area contributed by atoms with E-state index >= 15 is 0 Å². The second kappa shape index (κ2) is 6.32. The molecule has 1 aromatic rings. The highest BCUT2D eigenvalue weighted by Crippen LogP contribution is 2.32. The van der Waals surface area contributed by atoms with Gasteiger partial charge in [0, 0.05) is 17.9 Å². The number of urea groups is 1. The number of carbonyl (C=O) groups is 3. The van der Waals surface area contributed by atoms with Crippen LogP contribution < -0.4 is 16.0 Å². The summed E-state index contributed by atoms with van der Waals surface area (Å²) in [5.41, 5.74) is 7.40. The minimum Gasteiger partial charge on any atom is -0.398 e. The van der Waals surface area contributed by atoms with Crippen molar-refractivity contribution in [1.29, 1.82) is 0 Å². The summed E-state index contributed by atoms with van der Waals surface area (Å²) < 4.78 is 0. The van der Waals surface area contributed by atoms with E-state index in [1.807, 2.05) is 18.2 Å². The molecule has 0 atom stereocenters. The van der Waals surface area contributed by atoms with Gasteiger partial charge in [0.1, 0.15) is 12.1 Å². The van der Waals surface area contributed by atoms with Gasteiger partial charge in [0.15, 0.2) is 0 Å². The molecular weight excluding hydrogens is 332 g/mol. The van der Waals surface area contributed by atoms with Gasteiger partial charge in [-0.2, -0.15) is 0 Å². The molecule has 4 amide bonds. The lowest BCUT2D eigenvalue weighted by molar-refractivity contribution is -0.126. The van der Waals surface area contributed by atoms with Gasteiger partial charge in [-0.1, -0.05) is 6.07 Å². The van der Waals surface area contributed by atoms with Gasteiger partial charge in [0.25, 0.3) is 5.91 Å². The predicted molar refractivity (Wildman–Crippen MR) is 93.1 cm³/mol. The van der Waals surface area contributed by atoms with Crippen molar-refractivity contribution >= 4 is 41.6 Å². The molecule has 0 bridgehead atoms. The third-order valence-corrected chi connectivity index (χ3v) is 4.58. The van der Waals surface area contributed by atoms with E-state index in [4.69, 9.17) is 5.73 Å². The summed E-state index contributed by atoms with van der Waals surface area (Å²) in [5.74, 6) is -0.604. The van der Waals surface area contributed by atoms with Gasteiger partial charge < -0.3 is 15.5 Å². The second-order valence-corrected chi connectivity index (χ2v) is 6.40. The Bertz CT molecular complexity index is 705. The number of nitrogen functional groups attached to an aromatic ring is 1. The van der Waals surface area contributed by atoms with Crippen LogP contribution in [-0.4, -0.2) is 41.4 Å². The predicted octanol–water partition coefficient (Wildman–Crippen LogP) is 1.30. The third-order valence-electron chi connectivity index (χ3n) is 4.58. The van der Waals surface area contributed by atoms with Crippen LogP contribution in [-0.2, 0) is 16.0 Å². The molecule has 8 heteroatoms. The van der Waals surface area contributed by atoms with Crippen LogP contribution in [0.4, 0.5) is 16.2 Å². The van der Waals surface area contributed by atoms with E-state index in [0.717, 1.165) is 24.1 Å². The van der Waals surface area contributed by atoms with Crippen LogP contribution in [0.3, 0.4) is 0 Å². The maximum atomic E-state index is 12.7. The Labute approximate surface area is 146 Å². The third kappa shape index (κ3) is 2.80. The number of benzene rings is 1. The quantitative estimate of drug-likeness (QED) is 0.619. The Hall–Kier alpha value is -2.28. The SMILES string of the molecule is CC1(C)C(=O)NC(=O)N1CC(=O)N1CCCc2c(N)cccc21.Cl. The molecule has 2 heterocycles. The highest BCUT2D eigenvalue weighted by atomic mass is 35.5. The normalized spacial score (nSPS) is 18.8. The minimum atomic E-state index is -1.03. The molecule has 1 aromatic carbocycles. The van der Waals surface area contributed by atoms with Crippen LogP contribution in [0, 0.1) is 0 Å². The molecule has 2 aliphatic heterocycles. The number of nitrogens with zero attached hydrogens (tertiary/aromatic N) is 2. The molecule has 1 fully saturated rings. The van der Waals surface area contributed by atoms with E-state index in [1.165, 1.54) is 4.90 Å². The standard InChI is InChI=1S/C16H20N4O3.ClH/c1-16(2)14(22)18-15(23)20(16)9-13(21)19-8-4-5-10-11(17)6-3-7-12(10)19;/h3,6-7H,4-5,8-9,17H2,1-2H3,(H,18,22,23);1H. The lowest BCUT2D eigenvalue weighted by Gasteiger charge is -2.33. The maximum absolute atomic E-state index is 12.7. The summed E-state index contributed by atoms with van der Waals surface area (Å²) in [6, 6.07) is 4.97. The Kier molecular flexibility index (Phi) is 4.75. The maximum Gasteiger partial charge on any atom is 0.325 e. The average molecular weight is 353 g/mol. The topological polar surface area (TPSA) is 95.7 Å². The van der Waals surface area contributed by atoms with Crippen molar-refractivity contribution in [3.63, 3.8) is 0 Å². The Morgan fingerprint density at radius 2 is 2.04 bits per heavy atom. The summed E-state index contributed by atoms with van der Waals surface area (Å²) in [6.45, 7) is 3.70. The van der Waals surface area contributed by atoms with Gasteiger partial charge in [-0.25, -0.2) is 4.79 Å². The van der Waals surface area contributed by atoms with Crippen LogP contribution >= 0.6 is 12.4 Å². The van der Waals surface area contributed by atoms with Crippen LogP contribution in [0.5, 0.6) is 0 Å². The fourth-order valence-corrected chi connectivity index (χ4v) is 3.09. The van der Waals surface area contributed by atoms with E-state index in [1.54, 1.807) is 18.7 Å². The first-order valence-electron chi connectivity index (χ1n) is 7.63. The highest BCUT2D eigenvalue weighted by Gasteiger charge is 2.46. The number of nitrogens with one attached hydrogen (secondary N) is 1. The van der Waals surface area contributed by atoms with Crippen LogP contribution in [0.25, 0.3) is 0 Å². The van der Waals surface area contributed by atoms with Crippen LogP contribution in [0.1, 0.15) is 25.8 Å². The number of fused-ring (bicyclic) bond motifs is 1. The molecule has 0 aliphatic carbocycles. The van der Waals surface area contributed by atoms with Gasteiger partial charge >= 0.3 is 6.03 Å². The zero-order valence-corrected chi connectivity index (χ0v) is 14.5. The summed E-state index contributed by atoms with van der Waals surface area (Å²) in [7, 11) is 0. The summed E-state index contributed by atoms with van der Waals surface area (Å²) in [5, 5.41) is 2.25. The minimum absolute atomic E-state index is 0. The molecule has 7 nitrogen and oxygen atoms in total. The number of anilines is 2. The van der Waals surface area contributed by atoms with E-state index in [2.05, 4.69) is 5.32 Å². The zero-order valence-electron chi connectivity index (χ0n) is 13.7. The van der Waals surface area contributed by atoms with Crippen molar-refractivity contribution in [3.05, 3.63) is 23.8 Å². The first-order valence-corrected chi connectivity index (χ1v) is 7.63. The molecule has 0 aromatic heterocycles. The molecule has 3 rings (SSSR count). The van der Waals surface area contributed by atoms with Gasteiger partial charge in [0.2, 0.25) is 5.91 Å². The molecule has 1 saturated heterocycles. The molecule has 0 saturated carbocycles. The fourth-order valence-electron chi connectivity index (χ4n) is 3.09. The number of amides is 4. The Morgan fingerprint density at radius 3 is 2.67 bits per heavy atom. The number of hydrogen-bond donors (Lipinski definition) is 2. The van der Waals surface area contributed by atoms with Gasteiger partial charge in [-0.15, -0.1) is 12.4 Å². The molecule has 0 radical (unpaired) electrons. The summed E-state index contributed by atoms with van der Waals surface area (Å²) in [4.78, 5) is 39.4. The lowest BCUT2D eigenvalue weighted by atomic mass is 9.99. The number of nitrogens with two attached hydrogens (primary N) is 1. The van der Waals surface area contributed by atoms with Crippen LogP contribution in [0.2, 0.25) is 0 Å². The Morgan fingerprint density at radius 1 is 1.33 bits per heavy atom. The molecule has 2 aliphatic rings. The van der Waals surface area contributed by atoms with Crippen molar-refractivity contribution < 1.29 is 14.4 Å².